The number of carbonyl (C=O) groups excluding carboxylic acids is 2. The second-order valence-corrected chi connectivity index (χ2v) is 8.91. The molecule has 0 radical (unpaired) electrons. The number of rotatable bonds is 5. The minimum atomic E-state index is -0.345. The monoisotopic (exact) mass is 425 g/mol. The van der Waals surface area contributed by atoms with Gasteiger partial charge in [0.1, 0.15) is 11.8 Å². The van der Waals surface area contributed by atoms with Crippen molar-refractivity contribution in [3.63, 3.8) is 0 Å². The zero-order chi connectivity index (χ0) is 22.1. The molecule has 0 bridgehead atoms. The fraction of sp³-hybridized carbons (Fsp3) is 0.520. The van der Waals surface area contributed by atoms with Crippen LogP contribution in [0.25, 0.3) is 0 Å². The topological polar surface area (TPSA) is 77.6 Å². The van der Waals surface area contributed by atoms with Gasteiger partial charge in [0, 0.05) is 17.7 Å². The van der Waals surface area contributed by atoms with Crippen molar-refractivity contribution in [2.45, 2.75) is 64.4 Å². The molecule has 31 heavy (non-hydrogen) atoms. The highest BCUT2D eigenvalue weighted by Gasteiger charge is 2.33. The molecule has 1 N–H and O–H groups in total. The van der Waals surface area contributed by atoms with E-state index >= 15 is 0 Å². The summed E-state index contributed by atoms with van der Waals surface area (Å²) in [5.41, 5.74) is 3.62. The Balaban J connectivity index is 1.54. The fourth-order valence-electron chi connectivity index (χ4n) is 4.94. The maximum absolute atomic E-state index is 13.0. The van der Waals surface area contributed by atoms with Crippen LogP contribution in [0.3, 0.4) is 0 Å². The number of ketones is 1. The van der Waals surface area contributed by atoms with Crippen molar-refractivity contribution >= 4 is 11.8 Å². The highest BCUT2D eigenvalue weighted by Crippen LogP contribution is 2.38. The summed E-state index contributed by atoms with van der Waals surface area (Å²) >= 11 is 0. The summed E-state index contributed by atoms with van der Waals surface area (Å²) in [6, 6.07) is 5.76. The lowest BCUT2D eigenvalue weighted by atomic mass is 9.81. The summed E-state index contributed by atoms with van der Waals surface area (Å²) in [6.07, 6.45) is 5.02. The third-order valence-corrected chi connectivity index (χ3v) is 6.81. The average molecular weight is 426 g/mol. The maximum atomic E-state index is 13.0. The summed E-state index contributed by atoms with van der Waals surface area (Å²) in [4.78, 5) is 29.1. The van der Waals surface area contributed by atoms with Gasteiger partial charge in [-0.15, -0.1) is 0 Å². The molecule has 1 aromatic heterocycles. The Morgan fingerprint density at radius 2 is 1.74 bits per heavy atom. The zero-order valence-electron chi connectivity index (χ0n) is 18.7. The van der Waals surface area contributed by atoms with E-state index in [2.05, 4.69) is 11.9 Å². The van der Waals surface area contributed by atoms with Crippen LogP contribution in [0.1, 0.15) is 82.6 Å². The van der Waals surface area contributed by atoms with Gasteiger partial charge in [0.25, 0.3) is 0 Å². The van der Waals surface area contributed by atoms with Gasteiger partial charge in [0.05, 0.1) is 14.2 Å². The highest BCUT2D eigenvalue weighted by atomic mass is 16.5. The Morgan fingerprint density at radius 3 is 2.42 bits per heavy atom. The molecule has 0 saturated heterocycles. The van der Waals surface area contributed by atoms with E-state index < -0.39 is 0 Å². The van der Waals surface area contributed by atoms with Gasteiger partial charge in [-0.3, -0.25) is 4.79 Å². The number of H-pyrrole nitrogens is 1. The summed E-state index contributed by atoms with van der Waals surface area (Å²) in [6.45, 7) is 4.07. The number of Topliss-reactive ketones (excluding diaryl/α,β-unsaturated/α-hetero) is 1. The molecule has 6 heteroatoms. The van der Waals surface area contributed by atoms with Crippen molar-refractivity contribution < 1.29 is 23.8 Å². The van der Waals surface area contributed by atoms with Gasteiger partial charge in [-0.05, 0) is 74.1 Å². The smallest absolute Gasteiger partial charge is 0.355 e. The molecular weight excluding hydrogens is 394 g/mol. The number of ether oxygens (including phenoxy) is 3. The van der Waals surface area contributed by atoms with Gasteiger partial charge in [-0.1, -0.05) is 13.0 Å². The highest BCUT2D eigenvalue weighted by molar-refractivity contribution is 6.03. The van der Waals surface area contributed by atoms with Crippen LogP contribution in [0.4, 0.5) is 0 Å². The van der Waals surface area contributed by atoms with Crippen LogP contribution < -0.4 is 9.47 Å². The third kappa shape index (κ3) is 4.21. The van der Waals surface area contributed by atoms with Gasteiger partial charge in [0.2, 0.25) is 0 Å². The first-order valence-electron chi connectivity index (χ1n) is 11.1. The number of fused-ring (bicyclic) bond motifs is 1. The van der Waals surface area contributed by atoms with E-state index in [0.717, 1.165) is 36.9 Å². The Kier molecular flexibility index (Phi) is 6.08. The third-order valence-electron chi connectivity index (χ3n) is 6.81. The first-order valence-corrected chi connectivity index (χ1v) is 11.1. The maximum Gasteiger partial charge on any atom is 0.355 e. The zero-order valence-corrected chi connectivity index (χ0v) is 18.7. The minimum Gasteiger partial charge on any atom is -0.493 e. The molecule has 4 rings (SSSR count). The summed E-state index contributed by atoms with van der Waals surface area (Å²) in [5.74, 6) is 1.73. The molecule has 1 heterocycles. The fourth-order valence-corrected chi connectivity index (χ4v) is 4.94. The summed E-state index contributed by atoms with van der Waals surface area (Å²) < 4.78 is 16.5. The molecule has 6 nitrogen and oxygen atoms in total. The van der Waals surface area contributed by atoms with Crippen molar-refractivity contribution in [1.82, 2.24) is 4.98 Å². The van der Waals surface area contributed by atoms with Crippen LogP contribution in [-0.4, -0.2) is 37.1 Å². The second-order valence-electron chi connectivity index (χ2n) is 8.91. The van der Waals surface area contributed by atoms with E-state index in [1.54, 1.807) is 14.2 Å². The molecule has 0 unspecified atom stereocenters. The first-order chi connectivity index (χ1) is 14.9. The van der Waals surface area contributed by atoms with Crippen molar-refractivity contribution in [1.29, 1.82) is 0 Å². The molecule has 2 aromatic rings. The Hall–Kier alpha value is -2.76. The van der Waals surface area contributed by atoms with E-state index in [1.165, 1.54) is 0 Å². The van der Waals surface area contributed by atoms with E-state index in [4.69, 9.17) is 14.2 Å². The summed E-state index contributed by atoms with van der Waals surface area (Å²) in [5, 5.41) is 0. The number of benzene rings is 1. The Bertz CT molecular complexity index is 984. The molecule has 0 amide bonds. The lowest BCUT2D eigenvalue weighted by Crippen LogP contribution is -2.24. The van der Waals surface area contributed by atoms with E-state index in [-0.39, 0.29) is 23.8 Å². The molecular formula is C25H31NO5. The normalized spacial score (nSPS) is 23.2. The van der Waals surface area contributed by atoms with E-state index in [9.17, 15) is 9.59 Å². The predicted octanol–water partition coefficient (Wildman–Crippen LogP) is 4.99. The number of aromatic amines is 1. The number of hydrogen-bond acceptors (Lipinski definition) is 5. The molecule has 1 aromatic carbocycles. The number of esters is 1. The van der Waals surface area contributed by atoms with Crippen molar-refractivity contribution in [2.24, 2.45) is 5.92 Å². The van der Waals surface area contributed by atoms with E-state index in [0.29, 0.717) is 47.1 Å². The number of aromatic nitrogens is 1. The number of carbonyl (C=O) groups is 2. The van der Waals surface area contributed by atoms with Gasteiger partial charge in [0.15, 0.2) is 17.3 Å². The first kappa shape index (κ1) is 21.5. The summed E-state index contributed by atoms with van der Waals surface area (Å²) in [7, 11) is 3.20. The van der Waals surface area contributed by atoms with Crippen LogP contribution in [0.5, 0.6) is 11.5 Å². The molecule has 1 fully saturated rings. The van der Waals surface area contributed by atoms with Gasteiger partial charge in [-0.25, -0.2) is 4.79 Å². The molecule has 1 atom stereocenters. The van der Waals surface area contributed by atoms with Crippen LogP contribution in [0.15, 0.2) is 18.2 Å². The number of nitrogens with one attached hydrogen (secondary N) is 1. The van der Waals surface area contributed by atoms with E-state index in [1.807, 2.05) is 25.1 Å². The SMILES string of the molecule is COc1ccc([C@H]2CC(=O)c3c([nH]c(C(=O)OC4CCC(C)CC4)c3C)C2)cc1OC. The minimum absolute atomic E-state index is 0.0153. The predicted molar refractivity (Wildman–Crippen MR) is 117 cm³/mol. The second kappa shape index (κ2) is 8.77. The van der Waals surface area contributed by atoms with Gasteiger partial charge < -0.3 is 19.2 Å². The van der Waals surface area contributed by atoms with Crippen LogP contribution in [0, 0.1) is 12.8 Å². The molecule has 2 aliphatic rings. The lowest BCUT2D eigenvalue weighted by molar-refractivity contribution is 0.0167. The van der Waals surface area contributed by atoms with Crippen molar-refractivity contribution in [2.75, 3.05) is 14.2 Å². The van der Waals surface area contributed by atoms with Crippen molar-refractivity contribution in [3.8, 4) is 11.5 Å². The Morgan fingerprint density at radius 1 is 1.03 bits per heavy atom. The largest absolute Gasteiger partial charge is 0.493 e. The Labute approximate surface area is 183 Å². The molecule has 0 spiro atoms. The van der Waals surface area contributed by atoms with Gasteiger partial charge in [-0.2, -0.15) is 0 Å². The quantitative estimate of drug-likeness (QED) is 0.683. The standard InChI is InChI=1S/C25H31NO5/c1-14-5-8-18(9-6-14)31-25(28)24-15(2)23-19(26-24)11-17(12-20(23)27)16-7-10-21(29-3)22(13-16)30-4/h7,10,13-14,17-18,26H,5-6,8-9,11-12H2,1-4H3/t14?,17-,18?/m1/s1. The number of hydrogen-bond donors (Lipinski definition) is 1. The lowest BCUT2D eigenvalue weighted by Gasteiger charge is -2.25. The van der Waals surface area contributed by atoms with Crippen LogP contribution >= 0.6 is 0 Å². The molecule has 1 saturated carbocycles. The molecule has 2 aliphatic carbocycles. The number of methoxy groups -OCH3 is 2. The molecule has 0 aliphatic heterocycles. The van der Waals surface area contributed by atoms with Crippen LogP contribution in [-0.2, 0) is 11.2 Å². The van der Waals surface area contributed by atoms with Gasteiger partial charge >= 0.3 is 5.97 Å². The average Bonchev–Trinajstić information content (AvgIpc) is 3.11. The molecule has 166 valence electrons. The van der Waals surface area contributed by atoms with Crippen molar-refractivity contribution in [3.05, 3.63) is 46.3 Å². The van der Waals surface area contributed by atoms with Crippen LogP contribution in [0.2, 0.25) is 0 Å².